The second-order valence-corrected chi connectivity index (χ2v) is 4.41. The Kier molecular flexibility index (Phi) is 5.01. The van der Waals surface area contributed by atoms with Crippen molar-refractivity contribution >= 4 is 0 Å². The van der Waals surface area contributed by atoms with Crippen LogP contribution in [0.4, 0.5) is 4.39 Å². The average Bonchev–Trinajstić information content (AvgIpc) is 2.50. The third-order valence-corrected chi connectivity index (χ3v) is 2.99. The van der Waals surface area contributed by atoms with Gasteiger partial charge in [-0.05, 0) is 30.7 Å². The summed E-state index contributed by atoms with van der Waals surface area (Å²) in [5, 5.41) is 3.39. The van der Waals surface area contributed by atoms with Crippen LogP contribution < -0.4 is 10.1 Å². The van der Waals surface area contributed by atoms with Crippen molar-refractivity contribution < 1.29 is 9.13 Å². The molecule has 5 heteroatoms. The number of halogens is 1. The Hall–Kier alpha value is -2.01. The smallest absolute Gasteiger partial charge is 0.165 e. The van der Waals surface area contributed by atoms with Gasteiger partial charge in [-0.25, -0.2) is 4.39 Å². The molecule has 20 heavy (non-hydrogen) atoms. The van der Waals surface area contributed by atoms with E-state index in [4.69, 9.17) is 4.74 Å². The van der Waals surface area contributed by atoms with Crippen LogP contribution in [0.3, 0.4) is 0 Å². The maximum absolute atomic E-state index is 13.5. The Labute approximate surface area is 118 Å². The minimum atomic E-state index is -0.371. The summed E-state index contributed by atoms with van der Waals surface area (Å²) in [7, 11) is 1.46. The van der Waals surface area contributed by atoms with Gasteiger partial charge in [0.1, 0.15) is 0 Å². The highest BCUT2D eigenvalue weighted by Gasteiger charge is 2.16. The maximum Gasteiger partial charge on any atom is 0.165 e. The Morgan fingerprint density at radius 2 is 2.20 bits per heavy atom. The summed E-state index contributed by atoms with van der Waals surface area (Å²) in [5.74, 6) is -0.140. The van der Waals surface area contributed by atoms with E-state index >= 15 is 0 Å². The number of hydrogen-bond donors (Lipinski definition) is 1. The monoisotopic (exact) mass is 275 g/mol. The van der Waals surface area contributed by atoms with Crippen LogP contribution in [-0.2, 0) is 0 Å². The van der Waals surface area contributed by atoms with Crippen molar-refractivity contribution in [1.82, 2.24) is 15.3 Å². The van der Waals surface area contributed by atoms with Gasteiger partial charge in [0.25, 0.3) is 0 Å². The molecule has 0 fully saturated rings. The molecule has 1 unspecified atom stereocenters. The molecule has 0 aliphatic rings. The number of benzene rings is 1. The van der Waals surface area contributed by atoms with Crippen LogP contribution >= 0.6 is 0 Å². The van der Waals surface area contributed by atoms with Gasteiger partial charge in [0, 0.05) is 12.4 Å². The summed E-state index contributed by atoms with van der Waals surface area (Å²) in [6.07, 6.45) is 5.99. The van der Waals surface area contributed by atoms with Gasteiger partial charge < -0.3 is 10.1 Å². The Morgan fingerprint density at radius 3 is 2.85 bits per heavy atom. The summed E-state index contributed by atoms with van der Waals surface area (Å²) in [6, 6.07) is 4.71. The molecule has 0 saturated heterocycles. The third kappa shape index (κ3) is 3.30. The predicted octanol–water partition coefficient (Wildman–Crippen LogP) is 2.71. The van der Waals surface area contributed by atoms with Crippen LogP contribution in [0.15, 0.2) is 36.8 Å². The molecule has 0 bridgehead atoms. The normalized spacial score (nSPS) is 12.2. The van der Waals surface area contributed by atoms with Crippen LogP contribution in [0.2, 0.25) is 0 Å². The highest BCUT2D eigenvalue weighted by molar-refractivity contribution is 5.35. The maximum atomic E-state index is 13.5. The highest BCUT2D eigenvalue weighted by atomic mass is 19.1. The van der Waals surface area contributed by atoms with Gasteiger partial charge in [-0.2, -0.15) is 0 Å². The largest absolute Gasteiger partial charge is 0.494 e. The summed E-state index contributed by atoms with van der Waals surface area (Å²) >= 11 is 0. The lowest BCUT2D eigenvalue weighted by atomic mass is 10.0. The van der Waals surface area contributed by atoms with E-state index in [1.165, 1.54) is 13.2 Å². The average molecular weight is 275 g/mol. The quantitative estimate of drug-likeness (QED) is 0.880. The molecule has 2 rings (SSSR count). The standard InChI is InChI=1S/C15H18FN3O/c1-3-6-19-15(13-10-17-7-8-18-13)11-4-5-12(16)14(9-11)20-2/h4-5,7-10,15,19H,3,6H2,1-2H3. The fourth-order valence-electron chi connectivity index (χ4n) is 2.00. The number of aromatic nitrogens is 2. The minimum absolute atomic E-state index is 0.127. The molecule has 0 aliphatic heterocycles. The van der Waals surface area contributed by atoms with Crippen molar-refractivity contribution in [2.45, 2.75) is 19.4 Å². The summed E-state index contributed by atoms with van der Waals surface area (Å²) in [6.45, 7) is 2.92. The molecule has 1 N–H and O–H groups in total. The first kappa shape index (κ1) is 14.4. The van der Waals surface area contributed by atoms with Crippen molar-refractivity contribution in [3.8, 4) is 5.75 Å². The van der Waals surface area contributed by atoms with Gasteiger partial charge in [-0.15, -0.1) is 0 Å². The molecule has 1 aromatic heterocycles. The van der Waals surface area contributed by atoms with Gasteiger partial charge in [0.15, 0.2) is 11.6 Å². The number of methoxy groups -OCH3 is 1. The first-order chi connectivity index (χ1) is 9.76. The second kappa shape index (κ2) is 6.96. The van der Waals surface area contributed by atoms with Crippen molar-refractivity contribution in [1.29, 1.82) is 0 Å². The molecule has 106 valence electrons. The molecule has 1 atom stereocenters. The van der Waals surface area contributed by atoms with E-state index in [-0.39, 0.29) is 17.6 Å². The van der Waals surface area contributed by atoms with E-state index in [1.807, 2.05) is 0 Å². The van der Waals surface area contributed by atoms with Gasteiger partial charge >= 0.3 is 0 Å². The van der Waals surface area contributed by atoms with Crippen molar-refractivity contribution in [2.24, 2.45) is 0 Å². The molecule has 0 aliphatic carbocycles. The van der Waals surface area contributed by atoms with Crippen LogP contribution in [0, 0.1) is 5.82 Å². The van der Waals surface area contributed by atoms with Crippen molar-refractivity contribution in [2.75, 3.05) is 13.7 Å². The Morgan fingerprint density at radius 1 is 1.35 bits per heavy atom. The zero-order chi connectivity index (χ0) is 14.4. The number of nitrogens with zero attached hydrogens (tertiary/aromatic N) is 2. The molecular weight excluding hydrogens is 257 g/mol. The van der Waals surface area contributed by atoms with Crippen LogP contribution in [-0.4, -0.2) is 23.6 Å². The topological polar surface area (TPSA) is 47.0 Å². The fraction of sp³-hybridized carbons (Fsp3) is 0.333. The molecule has 2 aromatic rings. The van der Waals surface area contributed by atoms with E-state index in [0.717, 1.165) is 24.2 Å². The highest BCUT2D eigenvalue weighted by Crippen LogP contribution is 2.25. The summed E-state index contributed by atoms with van der Waals surface area (Å²) < 4.78 is 18.6. The fourth-order valence-corrected chi connectivity index (χ4v) is 2.00. The number of ether oxygens (including phenoxy) is 1. The summed E-state index contributed by atoms with van der Waals surface area (Å²) in [5.41, 5.74) is 1.70. The van der Waals surface area contributed by atoms with Crippen molar-refractivity contribution in [3.05, 3.63) is 53.9 Å². The van der Waals surface area contributed by atoms with Gasteiger partial charge in [-0.3, -0.25) is 9.97 Å². The lowest BCUT2D eigenvalue weighted by Gasteiger charge is -2.19. The number of hydrogen-bond acceptors (Lipinski definition) is 4. The van der Waals surface area contributed by atoms with Crippen LogP contribution in [0.1, 0.15) is 30.6 Å². The zero-order valence-corrected chi connectivity index (χ0v) is 11.6. The zero-order valence-electron chi connectivity index (χ0n) is 11.6. The number of nitrogens with one attached hydrogen (secondary N) is 1. The van der Waals surface area contributed by atoms with Gasteiger partial charge in [0.2, 0.25) is 0 Å². The molecule has 0 amide bonds. The molecule has 0 radical (unpaired) electrons. The molecule has 1 aromatic carbocycles. The van der Waals surface area contributed by atoms with E-state index in [2.05, 4.69) is 22.2 Å². The van der Waals surface area contributed by atoms with Gasteiger partial charge in [-0.1, -0.05) is 13.0 Å². The molecule has 4 nitrogen and oxygen atoms in total. The lowest BCUT2D eigenvalue weighted by molar-refractivity contribution is 0.385. The molecule has 0 saturated carbocycles. The Balaban J connectivity index is 2.36. The summed E-state index contributed by atoms with van der Waals surface area (Å²) in [4.78, 5) is 8.42. The van der Waals surface area contributed by atoms with Crippen molar-refractivity contribution in [3.63, 3.8) is 0 Å². The third-order valence-electron chi connectivity index (χ3n) is 2.99. The first-order valence-electron chi connectivity index (χ1n) is 6.59. The minimum Gasteiger partial charge on any atom is -0.494 e. The molecule has 0 spiro atoms. The SMILES string of the molecule is CCCNC(c1ccc(F)c(OC)c1)c1cnccn1. The van der Waals surface area contributed by atoms with Crippen LogP contribution in [0.25, 0.3) is 0 Å². The molecule has 1 heterocycles. The van der Waals surface area contributed by atoms with E-state index in [1.54, 1.807) is 30.7 Å². The predicted molar refractivity (Wildman–Crippen MR) is 75.1 cm³/mol. The second-order valence-electron chi connectivity index (χ2n) is 4.41. The lowest BCUT2D eigenvalue weighted by Crippen LogP contribution is -2.24. The van der Waals surface area contributed by atoms with Crippen LogP contribution in [0.5, 0.6) is 5.75 Å². The Bertz CT molecular complexity index is 548. The molecular formula is C15H18FN3O. The van der Waals surface area contributed by atoms with E-state index in [0.29, 0.717) is 0 Å². The number of rotatable bonds is 6. The van der Waals surface area contributed by atoms with E-state index < -0.39 is 0 Å². The first-order valence-corrected chi connectivity index (χ1v) is 6.59. The van der Waals surface area contributed by atoms with Gasteiger partial charge in [0.05, 0.1) is 25.0 Å². The van der Waals surface area contributed by atoms with E-state index in [9.17, 15) is 4.39 Å².